The Hall–Kier alpha value is -1.30. The van der Waals surface area contributed by atoms with Crippen LogP contribution < -0.4 is 4.90 Å². The highest BCUT2D eigenvalue weighted by Crippen LogP contribution is 2.40. The lowest BCUT2D eigenvalue weighted by Gasteiger charge is -2.29. The van der Waals surface area contributed by atoms with Crippen molar-refractivity contribution in [2.24, 2.45) is 5.92 Å². The predicted molar refractivity (Wildman–Crippen MR) is 87.0 cm³/mol. The standard InChI is InChI=1S/C19H27NO/c1-16(2)20(3)15-9-14-19(21,18-12-7-8-13-18)17-10-5-4-6-11-17/h4-6,10-11,16,18,21H,7-8,12-13,15H2,1-3H3/p+1/t19-/m1/s1. The first-order valence-corrected chi connectivity index (χ1v) is 8.14. The second kappa shape index (κ2) is 7.11. The van der Waals surface area contributed by atoms with Crippen molar-refractivity contribution >= 4 is 0 Å². The van der Waals surface area contributed by atoms with Crippen molar-refractivity contribution in [1.82, 2.24) is 0 Å². The lowest BCUT2D eigenvalue weighted by atomic mass is 9.80. The maximum atomic E-state index is 11.3. The second-order valence-electron chi connectivity index (χ2n) is 6.59. The largest absolute Gasteiger partial charge is 0.373 e. The van der Waals surface area contributed by atoms with Crippen LogP contribution in [-0.2, 0) is 5.60 Å². The molecule has 1 aromatic rings. The molecule has 2 N–H and O–H groups in total. The highest BCUT2D eigenvalue weighted by molar-refractivity contribution is 5.33. The number of nitrogens with one attached hydrogen (secondary N) is 1. The summed E-state index contributed by atoms with van der Waals surface area (Å²) in [6.07, 6.45) is 4.57. The Bertz CT molecular complexity index is 493. The molecule has 2 heteroatoms. The maximum Gasteiger partial charge on any atom is 0.153 e. The van der Waals surface area contributed by atoms with Crippen LogP contribution >= 0.6 is 0 Å². The van der Waals surface area contributed by atoms with Gasteiger partial charge in [0.05, 0.1) is 13.1 Å². The van der Waals surface area contributed by atoms with Crippen LogP contribution in [0.1, 0.15) is 45.1 Å². The van der Waals surface area contributed by atoms with Gasteiger partial charge in [0.2, 0.25) is 0 Å². The van der Waals surface area contributed by atoms with E-state index in [1.165, 1.54) is 17.7 Å². The quantitative estimate of drug-likeness (QED) is 0.813. The van der Waals surface area contributed by atoms with Crippen molar-refractivity contribution in [3.63, 3.8) is 0 Å². The van der Waals surface area contributed by atoms with E-state index in [1.54, 1.807) is 0 Å². The van der Waals surface area contributed by atoms with Gasteiger partial charge in [0.15, 0.2) is 5.60 Å². The van der Waals surface area contributed by atoms with Crippen molar-refractivity contribution < 1.29 is 10.0 Å². The molecule has 0 saturated heterocycles. The summed E-state index contributed by atoms with van der Waals surface area (Å²) in [6, 6.07) is 10.5. The Morgan fingerprint density at radius 2 is 1.86 bits per heavy atom. The minimum Gasteiger partial charge on any atom is -0.373 e. The van der Waals surface area contributed by atoms with Crippen LogP contribution in [0.4, 0.5) is 0 Å². The number of quaternary nitrogens is 1. The molecule has 1 aliphatic carbocycles. The van der Waals surface area contributed by atoms with Crippen LogP contribution in [0.25, 0.3) is 0 Å². The first-order chi connectivity index (χ1) is 10.0. The first-order valence-electron chi connectivity index (χ1n) is 8.14. The lowest BCUT2D eigenvalue weighted by Crippen LogP contribution is -3.12. The molecular weight excluding hydrogens is 258 g/mol. The Morgan fingerprint density at radius 3 is 2.43 bits per heavy atom. The molecule has 0 spiro atoms. The number of rotatable bonds is 4. The molecule has 2 rings (SSSR count). The molecule has 1 aromatic carbocycles. The van der Waals surface area contributed by atoms with E-state index in [9.17, 15) is 5.11 Å². The topological polar surface area (TPSA) is 24.7 Å². The van der Waals surface area contributed by atoms with Crippen LogP contribution in [0.2, 0.25) is 0 Å². The van der Waals surface area contributed by atoms with E-state index in [0.29, 0.717) is 6.04 Å². The van der Waals surface area contributed by atoms with E-state index >= 15 is 0 Å². The molecule has 0 aromatic heterocycles. The molecule has 0 amide bonds. The fourth-order valence-corrected chi connectivity index (χ4v) is 2.97. The van der Waals surface area contributed by atoms with Crippen LogP contribution in [-0.4, -0.2) is 24.7 Å². The number of benzene rings is 1. The van der Waals surface area contributed by atoms with Gasteiger partial charge in [-0.2, -0.15) is 0 Å². The van der Waals surface area contributed by atoms with E-state index in [0.717, 1.165) is 24.9 Å². The minimum atomic E-state index is -0.977. The molecule has 1 fully saturated rings. The third-order valence-electron chi connectivity index (χ3n) is 4.79. The van der Waals surface area contributed by atoms with E-state index in [-0.39, 0.29) is 5.92 Å². The van der Waals surface area contributed by atoms with Crippen LogP contribution in [0.5, 0.6) is 0 Å². The average molecular weight is 286 g/mol. The van der Waals surface area contributed by atoms with Crippen LogP contribution in [0.15, 0.2) is 30.3 Å². The highest BCUT2D eigenvalue weighted by Gasteiger charge is 2.38. The van der Waals surface area contributed by atoms with Crippen molar-refractivity contribution in [3.05, 3.63) is 35.9 Å². The summed E-state index contributed by atoms with van der Waals surface area (Å²) in [4.78, 5) is 1.38. The predicted octanol–water partition coefficient (Wildman–Crippen LogP) is 1.99. The van der Waals surface area contributed by atoms with Crippen molar-refractivity contribution in [3.8, 4) is 11.8 Å². The number of hydrogen-bond donors (Lipinski definition) is 2. The molecular formula is C19H28NO+. The molecule has 0 bridgehead atoms. The SMILES string of the molecule is CC(C)[NH+](C)CC#C[C@@](O)(c1ccccc1)C1CCCC1. The summed E-state index contributed by atoms with van der Waals surface area (Å²) in [5.74, 6) is 6.74. The fourth-order valence-electron chi connectivity index (χ4n) is 2.97. The van der Waals surface area contributed by atoms with Gasteiger partial charge in [0, 0.05) is 5.92 Å². The van der Waals surface area contributed by atoms with Crippen molar-refractivity contribution in [1.29, 1.82) is 0 Å². The molecule has 2 atom stereocenters. The zero-order valence-corrected chi connectivity index (χ0v) is 13.5. The molecule has 21 heavy (non-hydrogen) atoms. The van der Waals surface area contributed by atoms with Crippen LogP contribution in [0.3, 0.4) is 0 Å². The Kier molecular flexibility index (Phi) is 5.45. The Morgan fingerprint density at radius 1 is 1.24 bits per heavy atom. The van der Waals surface area contributed by atoms with E-state index < -0.39 is 5.60 Å². The molecule has 2 nitrogen and oxygen atoms in total. The number of hydrogen-bond acceptors (Lipinski definition) is 1. The molecule has 1 saturated carbocycles. The molecule has 1 unspecified atom stereocenters. The fraction of sp³-hybridized carbons (Fsp3) is 0.579. The second-order valence-corrected chi connectivity index (χ2v) is 6.59. The van der Waals surface area contributed by atoms with Gasteiger partial charge in [0.25, 0.3) is 0 Å². The van der Waals surface area contributed by atoms with Gasteiger partial charge in [-0.3, -0.25) is 0 Å². The van der Waals surface area contributed by atoms with Crippen molar-refractivity contribution in [2.75, 3.05) is 13.6 Å². The third kappa shape index (κ3) is 3.87. The van der Waals surface area contributed by atoms with Gasteiger partial charge in [-0.05, 0) is 38.2 Å². The van der Waals surface area contributed by atoms with Gasteiger partial charge in [0.1, 0.15) is 6.54 Å². The molecule has 0 aliphatic heterocycles. The molecule has 1 aliphatic rings. The third-order valence-corrected chi connectivity index (χ3v) is 4.79. The summed E-state index contributed by atoms with van der Waals surface area (Å²) in [5.41, 5.74) is -0.0266. The van der Waals surface area contributed by atoms with Crippen molar-refractivity contribution in [2.45, 2.75) is 51.2 Å². The van der Waals surface area contributed by atoms with Gasteiger partial charge in [-0.25, -0.2) is 0 Å². The number of aliphatic hydroxyl groups is 1. The summed E-state index contributed by atoms with van der Waals surface area (Å²) in [7, 11) is 2.15. The van der Waals surface area contributed by atoms with Crippen LogP contribution in [0, 0.1) is 17.8 Å². The average Bonchev–Trinajstić information content (AvgIpc) is 3.02. The summed E-state index contributed by atoms with van der Waals surface area (Å²) in [6.45, 7) is 5.16. The van der Waals surface area contributed by atoms with Gasteiger partial charge < -0.3 is 10.0 Å². The molecule has 0 heterocycles. The molecule has 0 radical (unpaired) electrons. The lowest BCUT2D eigenvalue weighted by molar-refractivity contribution is -0.894. The highest BCUT2D eigenvalue weighted by atomic mass is 16.3. The summed E-state index contributed by atoms with van der Waals surface area (Å²) in [5, 5.41) is 11.3. The zero-order chi connectivity index (χ0) is 15.3. The summed E-state index contributed by atoms with van der Waals surface area (Å²) >= 11 is 0. The zero-order valence-electron chi connectivity index (χ0n) is 13.5. The smallest absolute Gasteiger partial charge is 0.153 e. The normalized spacial score (nSPS) is 19.9. The maximum absolute atomic E-state index is 11.3. The van der Waals surface area contributed by atoms with Gasteiger partial charge in [-0.1, -0.05) is 49.1 Å². The van der Waals surface area contributed by atoms with E-state index in [1.807, 2.05) is 30.3 Å². The first kappa shape index (κ1) is 16.1. The monoisotopic (exact) mass is 286 g/mol. The van der Waals surface area contributed by atoms with Gasteiger partial charge in [-0.15, -0.1) is 0 Å². The Balaban J connectivity index is 2.23. The minimum absolute atomic E-state index is 0.270. The van der Waals surface area contributed by atoms with E-state index in [2.05, 4.69) is 32.7 Å². The summed E-state index contributed by atoms with van der Waals surface area (Å²) < 4.78 is 0. The van der Waals surface area contributed by atoms with E-state index in [4.69, 9.17) is 0 Å². The Labute approximate surface area is 129 Å². The molecule has 114 valence electrons. The van der Waals surface area contributed by atoms with Gasteiger partial charge >= 0.3 is 0 Å².